The molecule has 0 aliphatic heterocycles. The van der Waals surface area contributed by atoms with E-state index < -0.39 is 0 Å². The van der Waals surface area contributed by atoms with Crippen LogP contribution in [0.2, 0.25) is 0 Å². The third kappa shape index (κ3) is 2.79. The summed E-state index contributed by atoms with van der Waals surface area (Å²) in [5.74, 6) is 0. The van der Waals surface area contributed by atoms with Crippen LogP contribution in [0, 0.1) is 6.92 Å². The lowest BCUT2D eigenvalue weighted by Crippen LogP contribution is -2.12. The van der Waals surface area contributed by atoms with Crippen molar-refractivity contribution in [1.29, 1.82) is 0 Å². The van der Waals surface area contributed by atoms with E-state index in [0.717, 1.165) is 36.0 Å². The van der Waals surface area contributed by atoms with Gasteiger partial charge in [-0.25, -0.2) is 0 Å². The van der Waals surface area contributed by atoms with Gasteiger partial charge in [0.2, 0.25) is 0 Å². The number of pyridine rings is 1. The molecule has 0 radical (unpaired) electrons. The van der Waals surface area contributed by atoms with Crippen molar-refractivity contribution in [3.63, 3.8) is 0 Å². The molecule has 0 spiro atoms. The van der Waals surface area contributed by atoms with Crippen LogP contribution in [0.25, 0.3) is 10.9 Å². The average Bonchev–Trinajstić information content (AvgIpc) is 2.39. The van der Waals surface area contributed by atoms with Gasteiger partial charge in [0.05, 0.1) is 11.6 Å². The van der Waals surface area contributed by atoms with Crippen molar-refractivity contribution in [3.8, 4) is 0 Å². The number of nitrogens with one attached hydrogen (secondary N) is 1. The molecule has 0 amide bonds. The Labute approximate surface area is 108 Å². The number of aliphatic hydroxyl groups excluding tert-OH is 1. The van der Waals surface area contributed by atoms with Crippen molar-refractivity contribution < 1.29 is 5.11 Å². The second kappa shape index (κ2) is 5.83. The van der Waals surface area contributed by atoms with Crippen molar-refractivity contribution in [2.24, 2.45) is 0 Å². The van der Waals surface area contributed by atoms with Gasteiger partial charge in [0, 0.05) is 23.8 Å². The number of aliphatic hydroxyl groups is 1. The summed E-state index contributed by atoms with van der Waals surface area (Å²) in [7, 11) is 0. The number of para-hydroxylation sites is 1. The maximum Gasteiger partial charge on any atom is 0.0751 e. The highest BCUT2D eigenvalue weighted by Gasteiger charge is 2.04. The number of aryl methyl sites for hydroxylation is 1. The molecule has 0 saturated carbocycles. The highest BCUT2D eigenvalue weighted by molar-refractivity contribution is 5.92. The third-order valence-corrected chi connectivity index (χ3v) is 3.24. The smallest absolute Gasteiger partial charge is 0.0751 e. The zero-order chi connectivity index (χ0) is 13.0. The molecule has 0 aliphatic rings. The number of benzene rings is 1. The first-order valence-corrected chi connectivity index (χ1v) is 6.48. The fourth-order valence-electron chi connectivity index (χ4n) is 2.06. The molecule has 1 heterocycles. The van der Waals surface area contributed by atoms with Gasteiger partial charge in [-0.3, -0.25) is 4.98 Å². The van der Waals surface area contributed by atoms with Crippen molar-refractivity contribution >= 4 is 16.6 Å². The molecular formula is C15H20N2O. The van der Waals surface area contributed by atoms with Crippen molar-refractivity contribution in [1.82, 2.24) is 4.98 Å². The fraction of sp³-hybridized carbons (Fsp3) is 0.400. The van der Waals surface area contributed by atoms with Crippen LogP contribution in [0.1, 0.15) is 25.3 Å². The van der Waals surface area contributed by atoms with Crippen LogP contribution in [-0.2, 0) is 0 Å². The summed E-state index contributed by atoms with van der Waals surface area (Å²) in [5.41, 5.74) is 3.32. The zero-order valence-electron chi connectivity index (χ0n) is 11.0. The van der Waals surface area contributed by atoms with Crippen LogP contribution >= 0.6 is 0 Å². The van der Waals surface area contributed by atoms with E-state index in [1.54, 1.807) is 0 Å². The first-order valence-electron chi connectivity index (χ1n) is 6.48. The van der Waals surface area contributed by atoms with E-state index in [9.17, 15) is 5.11 Å². The Kier molecular flexibility index (Phi) is 4.15. The van der Waals surface area contributed by atoms with E-state index in [2.05, 4.69) is 29.4 Å². The summed E-state index contributed by atoms with van der Waals surface area (Å²) in [5, 5.41) is 14.1. The number of fused-ring (bicyclic) bond motifs is 1. The zero-order valence-corrected chi connectivity index (χ0v) is 11.0. The summed E-state index contributed by atoms with van der Waals surface area (Å²) in [6, 6.07) is 8.18. The Balaban J connectivity index is 2.16. The molecule has 1 aromatic carbocycles. The lowest BCUT2D eigenvalue weighted by molar-refractivity contribution is 0.164. The molecule has 96 valence electrons. The molecule has 3 nitrogen and oxygen atoms in total. The fourth-order valence-corrected chi connectivity index (χ4v) is 2.06. The van der Waals surface area contributed by atoms with E-state index in [-0.39, 0.29) is 6.10 Å². The van der Waals surface area contributed by atoms with Gasteiger partial charge in [-0.05, 0) is 31.4 Å². The SMILES string of the molecule is CCC(O)CCNc1ccnc2c(C)cccc12. The number of hydrogen-bond donors (Lipinski definition) is 2. The monoisotopic (exact) mass is 244 g/mol. The van der Waals surface area contributed by atoms with Gasteiger partial charge in [0.25, 0.3) is 0 Å². The Morgan fingerprint density at radius 3 is 2.94 bits per heavy atom. The van der Waals surface area contributed by atoms with Gasteiger partial charge in [-0.2, -0.15) is 0 Å². The topological polar surface area (TPSA) is 45.1 Å². The minimum atomic E-state index is -0.215. The molecule has 1 aromatic heterocycles. The molecule has 1 atom stereocenters. The summed E-state index contributed by atoms with van der Waals surface area (Å²) in [6.07, 6.45) is 3.19. The van der Waals surface area contributed by atoms with E-state index in [1.807, 2.05) is 25.3 Å². The molecule has 0 bridgehead atoms. The van der Waals surface area contributed by atoms with Gasteiger partial charge in [-0.15, -0.1) is 0 Å². The lowest BCUT2D eigenvalue weighted by atomic mass is 10.1. The van der Waals surface area contributed by atoms with E-state index in [1.165, 1.54) is 5.56 Å². The molecule has 0 fully saturated rings. The molecule has 0 aliphatic carbocycles. The first-order chi connectivity index (χ1) is 8.72. The largest absolute Gasteiger partial charge is 0.393 e. The molecule has 2 N–H and O–H groups in total. The van der Waals surface area contributed by atoms with Crippen molar-refractivity contribution in [2.75, 3.05) is 11.9 Å². The highest BCUT2D eigenvalue weighted by atomic mass is 16.3. The molecular weight excluding hydrogens is 224 g/mol. The summed E-state index contributed by atoms with van der Waals surface area (Å²) < 4.78 is 0. The standard InChI is InChI=1S/C15H20N2O/c1-3-12(18)7-9-16-14-8-10-17-15-11(2)5-4-6-13(14)15/h4-6,8,10,12,18H,3,7,9H2,1-2H3,(H,16,17). The predicted molar refractivity (Wildman–Crippen MR) is 75.9 cm³/mol. The quantitative estimate of drug-likeness (QED) is 0.849. The van der Waals surface area contributed by atoms with Gasteiger partial charge in [-0.1, -0.05) is 25.1 Å². The number of aromatic nitrogens is 1. The maximum absolute atomic E-state index is 9.54. The van der Waals surface area contributed by atoms with Crippen LogP contribution in [0.15, 0.2) is 30.5 Å². The Morgan fingerprint density at radius 2 is 2.17 bits per heavy atom. The highest BCUT2D eigenvalue weighted by Crippen LogP contribution is 2.23. The number of rotatable bonds is 5. The maximum atomic E-state index is 9.54. The predicted octanol–water partition coefficient (Wildman–Crippen LogP) is 3.12. The van der Waals surface area contributed by atoms with E-state index in [4.69, 9.17) is 0 Å². The molecule has 0 saturated heterocycles. The summed E-state index contributed by atoms with van der Waals surface area (Å²) in [6.45, 7) is 4.85. The minimum Gasteiger partial charge on any atom is -0.393 e. The lowest BCUT2D eigenvalue weighted by Gasteiger charge is -2.12. The minimum absolute atomic E-state index is 0.215. The van der Waals surface area contributed by atoms with E-state index >= 15 is 0 Å². The Bertz CT molecular complexity index is 525. The van der Waals surface area contributed by atoms with Crippen LogP contribution in [-0.4, -0.2) is 22.7 Å². The van der Waals surface area contributed by atoms with Crippen molar-refractivity contribution in [2.45, 2.75) is 32.8 Å². The van der Waals surface area contributed by atoms with Gasteiger partial charge in [0.15, 0.2) is 0 Å². The molecule has 3 heteroatoms. The van der Waals surface area contributed by atoms with Crippen LogP contribution in [0.5, 0.6) is 0 Å². The summed E-state index contributed by atoms with van der Waals surface area (Å²) in [4.78, 5) is 4.41. The molecule has 2 rings (SSSR count). The number of hydrogen-bond acceptors (Lipinski definition) is 3. The second-order valence-electron chi connectivity index (χ2n) is 4.61. The van der Waals surface area contributed by atoms with Crippen LogP contribution in [0.4, 0.5) is 5.69 Å². The number of anilines is 1. The average molecular weight is 244 g/mol. The first kappa shape index (κ1) is 12.8. The number of nitrogens with zero attached hydrogens (tertiary/aromatic N) is 1. The molecule has 18 heavy (non-hydrogen) atoms. The Morgan fingerprint density at radius 1 is 1.33 bits per heavy atom. The van der Waals surface area contributed by atoms with Crippen LogP contribution < -0.4 is 5.32 Å². The third-order valence-electron chi connectivity index (χ3n) is 3.24. The molecule has 1 unspecified atom stereocenters. The van der Waals surface area contributed by atoms with E-state index in [0.29, 0.717) is 0 Å². The molecule has 2 aromatic rings. The van der Waals surface area contributed by atoms with Gasteiger partial charge < -0.3 is 10.4 Å². The Hall–Kier alpha value is -1.61. The van der Waals surface area contributed by atoms with Gasteiger partial charge >= 0.3 is 0 Å². The summed E-state index contributed by atoms with van der Waals surface area (Å²) >= 11 is 0. The van der Waals surface area contributed by atoms with Gasteiger partial charge in [0.1, 0.15) is 0 Å². The van der Waals surface area contributed by atoms with Crippen LogP contribution in [0.3, 0.4) is 0 Å². The second-order valence-corrected chi connectivity index (χ2v) is 4.61. The van der Waals surface area contributed by atoms with Crippen molar-refractivity contribution in [3.05, 3.63) is 36.0 Å². The normalized spacial score (nSPS) is 12.6.